The average Bonchev–Trinajstić information content (AvgIpc) is 3.34. The first-order valence-electron chi connectivity index (χ1n) is 12.8. The number of hydrazine groups is 1. The highest BCUT2D eigenvalue weighted by atomic mass is 16.5. The van der Waals surface area contributed by atoms with Crippen molar-refractivity contribution >= 4 is 17.7 Å². The van der Waals surface area contributed by atoms with Crippen LogP contribution in [0.15, 0.2) is 24.3 Å². The van der Waals surface area contributed by atoms with Gasteiger partial charge in [0.1, 0.15) is 24.6 Å². The van der Waals surface area contributed by atoms with Crippen molar-refractivity contribution < 1.29 is 19.1 Å². The summed E-state index contributed by atoms with van der Waals surface area (Å²) in [6.07, 6.45) is 2.82. The highest BCUT2D eigenvalue weighted by Gasteiger charge is 2.40. The van der Waals surface area contributed by atoms with Crippen LogP contribution < -0.4 is 15.5 Å². The molecule has 11 heteroatoms. The number of ether oxygens (including phenoxy) is 2. The molecule has 1 aliphatic carbocycles. The van der Waals surface area contributed by atoms with Gasteiger partial charge in [-0.1, -0.05) is 12.1 Å². The molecule has 2 amide bonds. The molecule has 1 aromatic heterocycles. The lowest BCUT2D eigenvalue weighted by molar-refractivity contribution is -0.738. The number of fused-ring (bicyclic) bond motifs is 1. The third-order valence-electron chi connectivity index (χ3n) is 7.20. The molecule has 4 aliphatic rings. The van der Waals surface area contributed by atoms with Crippen LogP contribution in [0.1, 0.15) is 37.4 Å². The minimum atomic E-state index is -0.182. The van der Waals surface area contributed by atoms with E-state index >= 15 is 0 Å². The summed E-state index contributed by atoms with van der Waals surface area (Å²) in [4.78, 5) is 38.4. The van der Waals surface area contributed by atoms with Crippen LogP contribution in [0.3, 0.4) is 0 Å². The summed E-state index contributed by atoms with van der Waals surface area (Å²) < 4.78 is 11.0. The van der Waals surface area contributed by atoms with Gasteiger partial charge in [-0.05, 0) is 31.9 Å². The molecule has 1 saturated carbocycles. The molecular formula is C25H32N7O4+. The van der Waals surface area contributed by atoms with Gasteiger partial charge < -0.3 is 25.0 Å². The molecule has 0 bridgehead atoms. The Kier molecular flexibility index (Phi) is 6.18. The Balaban J connectivity index is 1.29. The van der Waals surface area contributed by atoms with Crippen LogP contribution in [0.2, 0.25) is 0 Å². The van der Waals surface area contributed by atoms with E-state index in [-0.39, 0.29) is 18.1 Å². The number of nitrogens with one attached hydrogen (secondary N) is 2. The molecule has 6 rings (SSSR count). The molecule has 190 valence electrons. The van der Waals surface area contributed by atoms with Crippen LogP contribution in [-0.2, 0) is 22.6 Å². The van der Waals surface area contributed by atoms with E-state index in [9.17, 15) is 9.70 Å². The third-order valence-corrected chi connectivity index (χ3v) is 7.20. The van der Waals surface area contributed by atoms with E-state index in [4.69, 9.17) is 19.4 Å². The summed E-state index contributed by atoms with van der Waals surface area (Å²) in [5, 5.41) is 7.63. The molecule has 2 N–H and O–H groups in total. The predicted octanol–water partition coefficient (Wildman–Crippen LogP) is 2.45. The number of hydrogen-bond donors (Lipinski definition) is 2. The molecule has 2 aromatic rings. The number of carbonyl (C=O) groups excluding carboxylic acids is 1. The molecule has 3 aliphatic heterocycles. The molecule has 2 atom stereocenters. The highest BCUT2D eigenvalue weighted by molar-refractivity contribution is 5.90. The van der Waals surface area contributed by atoms with Gasteiger partial charge in [-0.3, -0.25) is 0 Å². The van der Waals surface area contributed by atoms with Crippen molar-refractivity contribution in [3.05, 3.63) is 40.4 Å². The van der Waals surface area contributed by atoms with Gasteiger partial charge in [-0.2, -0.15) is 0 Å². The van der Waals surface area contributed by atoms with Gasteiger partial charge >= 0.3 is 6.03 Å². The second-order valence-corrected chi connectivity index (χ2v) is 10.0. The molecule has 3 fully saturated rings. The number of urea groups is 1. The number of anilines is 2. The van der Waals surface area contributed by atoms with Gasteiger partial charge in [0, 0.05) is 35.8 Å². The van der Waals surface area contributed by atoms with Crippen molar-refractivity contribution in [3.63, 3.8) is 0 Å². The lowest BCUT2D eigenvalue weighted by Gasteiger charge is -2.33. The van der Waals surface area contributed by atoms with Gasteiger partial charge in [-0.25, -0.2) is 14.8 Å². The molecule has 1 aromatic carbocycles. The van der Waals surface area contributed by atoms with Gasteiger partial charge in [0.2, 0.25) is 5.95 Å². The van der Waals surface area contributed by atoms with E-state index in [0.29, 0.717) is 51.5 Å². The lowest BCUT2D eigenvalue weighted by Crippen LogP contribution is -2.44. The maximum atomic E-state index is 13.1. The zero-order valence-electron chi connectivity index (χ0n) is 20.5. The quantitative estimate of drug-likeness (QED) is 0.589. The maximum Gasteiger partial charge on any atom is 0.319 e. The monoisotopic (exact) mass is 494 g/mol. The number of nitroso groups, excluding NO2 is 1. The van der Waals surface area contributed by atoms with E-state index in [2.05, 4.69) is 22.5 Å². The third kappa shape index (κ3) is 4.72. The number of amides is 2. The number of benzene rings is 1. The first-order chi connectivity index (χ1) is 17.5. The Morgan fingerprint density at radius 2 is 1.86 bits per heavy atom. The van der Waals surface area contributed by atoms with Crippen molar-refractivity contribution in [2.45, 2.75) is 57.4 Å². The van der Waals surface area contributed by atoms with E-state index < -0.39 is 0 Å². The Bertz CT molecular complexity index is 1150. The topological polar surface area (TPSA) is 112 Å². The summed E-state index contributed by atoms with van der Waals surface area (Å²) in [5.41, 5.74) is 4.30. The SMILES string of the molecule is CC1COCCN1c1nc2c(c(-c3ccc(NC(=O)NC4CC4)cc3)n1)CN([N+](=O)C1CCOC1)C2. The second kappa shape index (κ2) is 9.62. The van der Waals surface area contributed by atoms with Gasteiger partial charge in [0.15, 0.2) is 0 Å². The summed E-state index contributed by atoms with van der Waals surface area (Å²) in [5.74, 6) is 0.661. The number of carbonyl (C=O) groups is 1. The Morgan fingerprint density at radius 1 is 1.06 bits per heavy atom. The molecular weight excluding hydrogens is 462 g/mol. The van der Waals surface area contributed by atoms with Crippen molar-refractivity contribution in [1.29, 1.82) is 0 Å². The fourth-order valence-electron chi connectivity index (χ4n) is 4.98. The Morgan fingerprint density at radius 3 is 2.58 bits per heavy atom. The smallest absolute Gasteiger partial charge is 0.319 e. The van der Waals surface area contributed by atoms with Crippen molar-refractivity contribution in [2.75, 3.05) is 43.2 Å². The fraction of sp³-hybridized carbons (Fsp3) is 0.560. The van der Waals surface area contributed by atoms with Crippen LogP contribution in [-0.4, -0.2) is 77.0 Å². The van der Waals surface area contributed by atoms with Gasteiger partial charge in [-0.15, -0.1) is 5.01 Å². The van der Waals surface area contributed by atoms with Crippen molar-refractivity contribution in [2.24, 2.45) is 0 Å². The Labute approximate surface area is 209 Å². The largest absolute Gasteiger partial charge is 0.377 e. The van der Waals surface area contributed by atoms with E-state index in [1.165, 1.54) is 0 Å². The molecule has 2 saturated heterocycles. The highest BCUT2D eigenvalue weighted by Crippen LogP contribution is 2.34. The molecule has 2 unspecified atom stereocenters. The fourth-order valence-corrected chi connectivity index (χ4v) is 4.98. The first kappa shape index (κ1) is 23.1. The van der Waals surface area contributed by atoms with E-state index in [0.717, 1.165) is 58.9 Å². The number of rotatable bonds is 6. The number of aromatic nitrogens is 2. The minimum Gasteiger partial charge on any atom is -0.377 e. The number of morpholine rings is 1. The summed E-state index contributed by atoms with van der Waals surface area (Å²) in [6, 6.07) is 7.80. The molecule has 0 radical (unpaired) electrons. The van der Waals surface area contributed by atoms with Crippen LogP contribution in [0, 0.1) is 4.91 Å². The van der Waals surface area contributed by atoms with Crippen molar-refractivity contribution in [1.82, 2.24) is 20.3 Å². The maximum absolute atomic E-state index is 13.1. The van der Waals surface area contributed by atoms with Crippen LogP contribution in [0.5, 0.6) is 0 Å². The standard InChI is InChI=1S/C25H31N7O4/c1-16-14-36-11-9-31(16)24-28-22-13-30(32(34)20-8-10-35-15-20)12-21(22)23(29-24)17-2-4-18(5-3-17)26-25(33)27-19-6-7-19/h2-5,16,19-20H,6-15H2,1H3,(H-,26,27,28,29,33)/p+1. The lowest BCUT2D eigenvalue weighted by atomic mass is 10.1. The first-order valence-corrected chi connectivity index (χ1v) is 12.8. The van der Waals surface area contributed by atoms with E-state index in [1.807, 2.05) is 24.3 Å². The van der Waals surface area contributed by atoms with Gasteiger partial charge in [0.05, 0.1) is 42.2 Å². The van der Waals surface area contributed by atoms with Crippen LogP contribution >= 0.6 is 0 Å². The summed E-state index contributed by atoms with van der Waals surface area (Å²) in [7, 11) is 0. The average molecular weight is 495 g/mol. The predicted molar refractivity (Wildman–Crippen MR) is 132 cm³/mol. The minimum absolute atomic E-state index is 0.158. The summed E-state index contributed by atoms with van der Waals surface area (Å²) >= 11 is 0. The second-order valence-electron chi connectivity index (χ2n) is 10.0. The van der Waals surface area contributed by atoms with E-state index in [1.54, 1.807) is 5.01 Å². The summed E-state index contributed by atoms with van der Waals surface area (Å²) in [6.45, 7) is 6.04. The number of hydrogen-bond acceptors (Lipinski definition) is 7. The van der Waals surface area contributed by atoms with Crippen molar-refractivity contribution in [3.8, 4) is 11.3 Å². The van der Waals surface area contributed by atoms with Crippen LogP contribution in [0.4, 0.5) is 16.4 Å². The molecule has 36 heavy (non-hydrogen) atoms. The molecule has 11 nitrogen and oxygen atoms in total. The zero-order valence-corrected chi connectivity index (χ0v) is 20.5. The van der Waals surface area contributed by atoms with Gasteiger partial charge in [0.25, 0.3) is 6.04 Å². The van der Waals surface area contributed by atoms with Crippen LogP contribution in [0.25, 0.3) is 11.3 Å². The number of nitrogens with zero attached hydrogens (tertiary/aromatic N) is 5. The normalized spacial score (nSPS) is 23.5. The molecule has 4 heterocycles. The molecule has 0 spiro atoms. The Hall–Kier alpha value is -3.31. The zero-order chi connectivity index (χ0) is 24.6.